The molecule has 2 atom stereocenters. The van der Waals surface area contributed by atoms with Crippen molar-refractivity contribution >= 4 is 5.91 Å². The molecule has 2 unspecified atom stereocenters. The molecule has 0 aromatic carbocycles. The van der Waals surface area contributed by atoms with Crippen LogP contribution in [0.2, 0.25) is 0 Å². The van der Waals surface area contributed by atoms with Crippen LogP contribution in [0, 0.1) is 11.8 Å². The van der Waals surface area contributed by atoms with Crippen molar-refractivity contribution in [1.29, 1.82) is 0 Å². The third kappa shape index (κ3) is 4.21. The number of hydrogen-bond donors (Lipinski definition) is 1. The zero-order chi connectivity index (χ0) is 14.4. The molecule has 0 radical (unpaired) electrons. The molecule has 2 aliphatic carbocycles. The highest BCUT2D eigenvalue weighted by Crippen LogP contribution is 2.30. The SMILES string of the molecule is CN(C(=O)CC1CCCCCC1)C1CCCCC1CN. The summed E-state index contributed by atoms with van der Waals surface area (Å²) in [5, 5.41) is 0. The Bertz CT molecular complexity index is 297. The Morgan fingerprint density at radius 3 is 2.25 bits per heavy atom. The molecule has 2 rings (SSSR count). The molecule has 2 N–H and O–H groups in total. The molecular formula is C17H32N2O. The number of rotatable bonds is 4. The summed E-state index contributed by atoms with van der Waals surface area (Å²) in [6.45, 7) is 0.728. The molecule has 0 aliphatic heterocycles. The lowest BCUT2D eigenvalue weighted by atomic mass is 9.83. The van der Waals surface area contributed by atoms with Crippen LogP contribution in [0.4, 0.5) is 0 Å². The van der Waals surface area contributed by atoms with E-state index in [1.165, 1.54) is 57.8 Å². The minimum absolute atomic E-state index is 0.363. The number of nitrogens with zero attached hydrogens (tertiary/aromatic N) is 1. The van der Waals surface area contributed by atoms with E-state index in [-0.39, 0.29) is 0 Å². The highest BCUT2D eigenvalue weighted by Gasteiger charge is 2.30. The first-order valence-corrected chi connectivity index (χ1v) is 8.68. The molecule has 0 spiro atoms. The normalized spacial score (nSPS) is 28.9. The number of carbonyl (C=O) groups is 1. The molecule has 0 aromatic heterocycles. The van der Waals surface area contributed by atoms with E-state index in [0.717, 1.165) is 19.4 Å². The predicted octanol–water partition coefficient (Wildman–Crippen LogP) is 3.32. The van der Waals surface area contributed by atoms with E-state index in [2.05, 4.69) is 0 Å². The fourth-order valence-electron chi connectivity index (χ4n) is 4.12. The summed E-state index contributed by atoms with van der Waals surface area (Å²) in [7, 11) is 2.01. The zero-order valence-electron chi connectivity index (χ0n) is 13.2. The van der Waals surface area contributed by atoms with Crippen LogP contribution >= 0.6 is 0 Å². The Labute approximate surface area is 124 Å². The minimum atomic E-state index is 0.363. The average molecular weight is 280 g/mol. The second kappa shape index (κ2) is 8.02. The molecule has 2 fully saturated rings. The van der Waals surface area contributed by atoms with Gasteiger partial charge in [0, 0.05) is 19.5 Å². The Morgan fingerprint density at radius 2 is 1.60 bits per heavy atom. The van der Waals surface area contributed by atoms with E-state index < -0.39 is 0 Å². The topological polar surface area (TPSA) is 46.3 Å². The van der Waals surface area contributed by atoms with E-state index >= 15 is 0 Å². The van der Waals surface area contributed by atoms with Crippen LogP contribution in [-0.4, -0.2) is 30.4 Å². The van der Waals surface area contributed by atoms with Crippen molar-refractivity contribution in [3.8, 4) is 0 Å². The van der Waals surface area contributed by atoms with Gasteiger partial charge in [0.2, 0.25) is 5.91 Å². The highest BCUT2D eigenvalue weighted by molar-refractivity contribution is 5.76. The Balaban J connectivity index is 1.86. The van der Waals surface area contributed by atoms with Gasteiger partial charge in [0.15, 0.2) is 0 Å². The standard InChI is InChI=1S/C17H32N2O/c1-19(16-11-7-6-10-15(16)13-18)17(20)12-14-8-4-2-3-5-9-14/h14-16H,2-13,18H2,1H3. The van der Waals surface area contributed by atoms with E-state index in [4.69, 9.17) is 5.73 Å². The van der Waals surface area contributed by atoms with Crippen molar-refractivity contribution in [3.63, 3.8) is 0 Å². The molecule has 116 valence electrons. The van der Waals surface area contributed by atoms with E-state index in [1.54, 1.807) is 0 Å². The van der Waals surface area contributed by atoms with Gasteiger partial charge in [-0.2, -0.15) is 0 Å². The first-order chi connectivity index (χ1) is 9.72. The lowest BCUT2D eigenvalue weighted by Crippen LogP contribution is -2.46. The average Bonchev–Trinajstić information content (AvgIpc) is 2.75. The smallest absolute Gasteiger partial charge is 0.222 e. The summed E-state index contributed by atoms with van der Waals surface area (Å²) in [6, 6.07) is 0.395. The quantitative estimate of drug-likeness (QED) is 0.803. The maximum atomic E-state index is 12.6. The number of amides is 1. The van der Waals surface area contributed by atoms with E-state index in [0.29, 0.717) is 23.8 Å². The molecule has 3 heteroatoms. The molecule has 0 bridgehead atoms. The molecule has 3 nitrogen and oxygen atoms in total. The van der Waals surface area contributed by atoms with Gasteiger partial charge in [0.05, 0.1) is 0 Å². The molecule has 0 aromatic rings. The summed E-state index contributed by atoms with van der Waals surface area (Å²) in [5.41, 5.74) is 5.90. The molecule has 0 saturated heterocycles. The second-order valence-corrected chi connectivity index (χ2v) is 6.91. The van der Waals surface area contributed by atoms with Crippen molar-refractivity contribution in [1.82, 2.24) is 4.90 Å². The fourth-order valence-corrected chi connectivity index (χ4v) is 4.12. The number of hydrogen-bond acceptors (Lipinski definition) is 2. The van der Waals surface area contributed by atoms with E-state index in [9.17, 15) is 4.79 Å². The monoisotopic (exact) mass is 280 g/mol. The number of nitrogens with two attached hydrogens (primary N) is 1. The molecular weight excluding hydrogens is 248 g/mol. The van der Waals surface area contributed by atoms with Gasteiger partial charge in [-0.3, -0.25) is 4.79 Å². The first kappa shape index (κ1) is 15.8. The summed E-state index contributed by atoms with van der Waals surface area (Å²) >= 11 is 0. The van der Waals surface area contributed by atoms with Crippen LogP contribution < -0.4 is 5.73 Å². The predicted molar refractivity (Wildman–Crippen MR) is 83.4 cm³/mol. The second-order valence-electron chi connectivity index (χ2n) is 6.91. The van der Waals surface area contributed by atoms with Crippen LogP contribution in [0.25, 0.3) is 0 Å². The largest absolute Gasteiger partial charge is 0.342 e. The van der Waals surface area contributed by atoms with Gasteiger partial charge in [-0.05, 0) is 44.1 Å². The molecule has 2 saturated carbocycles. The lowest BCUT2D eigenvalue weighted by Gasteiger charge is -2.38. The maximum absolute atomic E-state index is 12.6. The Hall–Kier alpha value is -0.570. The Morgan fingerprint density at radius 1 is 1.00 bits per heavy atom. The summed E-state index contributed by atoms with van der Waals surface area (Å²) < 4.78 is 0. The Kier molecular flexibility index (Phi) is 6.34. The maximum Gasteiger partial charge on any atom is 0.222 e. The fraction of sp³-hybridized carbons (Fsp3) is 0.941. The lowest BCUT2D eigenvalue weighted by molar-refractivity contribution is -0.134. The van der Waals surface area contributed by atoms with Crippen molar-refractivity contribution in [2.24, 2.45) is 17.6 Å². The zero-order valence-corrected chi connectivity index (χ0v) is 13.2. The van der Waals surface area contributed by atoms with Gasteiger partial charge < -0.3 is 10.6 Å². The van der Waals surface area contributed by atoms with E-state index in [1.807, 2.05) is 11.9 Å². The van der Waals surface area contributed by atoms with Gasteiger partial charge >= 0.3 is 0 Å². The molecule has 20 heavy (non-hydrogen) atoms. The first-order valence-electron chi connectivity index (χ1n) is 8.68. The van der Waals surface area contributed by atoms with Gasteiger partial charge in [-0.1, -0.05) is 38.5 Å². The molecule has 1 amide bonds. The van der Waals surface area contributed by atoms with Crippen molar-refractivity contribution < 1.29 is 4.79 Å². The number of carbonyl (C=O) groups excluding carboxylic acids is 1. The summed E-state index contributed by atoms with van der Waals surface area (Å²) in [6.07, 6.45) is 13.5. The van der Waals surface area contributed by atoms with Crippen LogP contribution in [-0.2, 0) is 4.79 Å². The van der Waals surface area contributed by atoms with Gasteiger partial charge in [-0.15, -0.1) is 0 Å². The van der Waals surface area contributed by atoms with Crippen molar-refractivity contribution in [2.45, 2.75) is 76.7 Å². The highest BCUT2D eigenvalue weighted by atomic mass is 16.2. The van der Waals surface area contributed by atoms with Crippen molar-refractivity contribution in [3.05, 3.63) is 0 Å². The minimum Gasteiger partial charge on any atom is -0.342 e. The van der Waals surface area contributed by atoms with Crippen molar-refractivity contribution in [2.75, 3.05) is 13.6 Å². The van der Waals surface area contributed by atoms with Crippen LogP contribution in [0.1, 0.15) is 70.6 Å². The van der Waals surface area contributed by atoms with Gasteiger partial charge in [-0.25, -0.2) is 0 Å². The van der Waals surface area contributed by atoms with Crippen LogP contribution in [0.15, 0.2) is 0 Å². The van der Waals surface area contributed by atoms with Gasteiger partial charge in [0.1, 0.15) is 0 Å². The molecule has 2 aliphatic rings. The van der Waals surface area contributed by atoms with Crippen LogP contribution in [0.3, 0.4) is 0 Å². The van der Waals surface area contributed by atoms with Gasteiger partial charge in [0.25, 0.3) is 0 Å². The third-order valence-electron chi connectivity index (χ3n) is 5.50. The third-order valence-corrected chi connectivity index (χ3v) is 5.50. The summed E-state index contributed by atoms with van der Waals surface area (Å²) in [4.78, 5) is 14.6. The molecule has 0 heterocycles. The summed E-state index contributed by atoms with van der Waals surface area (Å²) in [5.74, 6) is 1.52. The van der Waals surface area contributed by atoms with Crippen LogP contribution in [0.5, 0.6) is 0 Å².